The van der Waals surface area contributed by atoms with Gasteiger partial charge < -0.3 is 0 Å². The number of aryl methyl sites for hydroxylation is 1. The van der Waals surface area contributed by atoms with Crippen LogP contribution in [0, 0.1) is 12.9 Å². The zero-order valence-electron chi connectivity index (χ0n) is 6.71. The first-order valence-corrected chi connectivity index (χ1v) is 3.78. The van der Waals surface area contributed by atoms with E-state index in [0.29, 0.717) is 5.39 Å². The van der Waals surface area contributed by atoms with Gasteiger partial charge in [0.2, 0.25) is 5.95 Å². The highest BCUT2D eigenvalue weighted by Crippen LogP contribution is 2.16. The molecule has 1 nitrogen and oxygen atoms in total. The molecule has 0 aliphatic rings. The molecule has 0 saturated carbocycles. The van der Waals surface area contributed by atoms with Crippen molar-refractivity contribution < 1.29 is 4.39 Å². The van der Waals surface area contributed by atoms with Gasteiger partial charge in [0.25, 0.3) is 0 Å². The quantitative estimate of drug-likeness (QED) is 0.541. The average Bonchev–Trinajstić information content (AvgIpc) is 2.07. The lowest BCUT2D eigenvalue weighted by molar-refractivity contribution is 0.596. The summed E-state index contributed by atoms with van der Waals surface area (Å²) in [6.07, 6.45) is 1.48. The number of nitrogens with zero attached hydrogens (tertiary/aromatic N) is 1. The maximum Gasteiger partial charge on any atom is 0.220 e. The smallest absolute Gasteiger partial charge is 0.220 e. The summed E-state index contributed by atoms with van der Waals surface area (Å²) in [4.78, 5) is 3.58. The Labute approximate surface area is 69.9 Å². The van der Waals surface area contributed by atoms with E-state index >= 15 is 0 Å². The van der Waals surface area contributed by atoms with Gasteiger partial charge in [0.15, 0.2) is 0 Å². The Bertz CT molecular complexity index is 423. The SMILES string of the molecule is Cc1ccc2ccnc(F)c2c1. The standard InChI is InChI=1S/C10H8FN/c1-7-2-3-8-4-5-12-10(11)9(8)6-7/h2-6H,1H3. The van der Waals surface area contributed by atoms with Crippen molar-refractivity contribution in [3.05, 3.63) is 42.0 Å². The van der Waals surface area contributed by atoms with E-state index in [1.165, 1.54) is 6.20 Å². The number of halogens is 1. The van der Waals surface area contributed by atoms with E-state index in [-0.39, 0.29) is 0 Å². The van der Waals surface area contributed by atoms with Gasteiger partial charge in [0.1, 0.15) is 0 Å². The molecule has 12 heavy (non-hydrogen) atoms. The molecule has 0 bridgehead atoms. The summed E-state index contributed by atoms with van der Waals surface area (Å²) >= 11 is 0. The molecule has 0 radical (unpaired) electrons. The van der Waals surface area contributed by atoms with E-state index in [1.807, 2.05) is 19.1 Å². The minimum absolute atomic E-state index is 0.392. The molecule has 0 atom stereocenters. The molecule has 1 aromatic heterocycles. The molecular weight excluding hydrogens is 153 g/mol. The second kappa shape index (κ2) is 2.55. The van der Waals surface area contributed by atoms with E-state index in [9.17, 15) is 4.39 Å². The number of rotatable bonds is 0. The summed E-state index contributed by atoms with van der Waals surface area (Å²) in [5.41, 5.74) is 1.05. The van der Waals surface area contributed by atoms with Crippen molar-refractivity contribution in [3.63, 3.8) is 0 Å². The van der Waals surface area contributed by atoms with Crippen molar-refractivity contribution in [2.75, 3.05) is 0 Å². The topological polar surface area (TPSA) is 12.9 Å². The van der Waals surface area contributed by atoms with Gasteiger partial charge >= 0.3 is 0 Å². The van der Waals surface area contributed by atoms with Gasteiger partial charge in [-0.1, -0.05) is 17.7 Å². The molecule has 0 fully saturated rings. The molecule has 0 aliphatic heterocycles. The van der Waals surface area contributed by atoms with Crippen LogP contribution in [-0.4, -0.2) is 4.98 Å². The number of hydrogen-bond donors (Lipinski definition) is 0. The lowest BCUT2D eigenvalue weighted by atomic mass is 10.1. The molecule has 1 heterocycles. The Morgan fingerprint density at radius 2 is 2.08 bits per heavy atom. The number of benzene rings is 1. The molecule has 0 N–H and O–H groups in total. The molecule has 2 rings (SSSR count). The molecule has 0 unspecified atom stereocenters. The predicted octanol–water partition coefficient (Wildman–Crippen LogP) is 2.68. The Balaban J connectivity index is 2.88. The molecular formula is C10H8FN. The monoisotopic (exact) mass is 161 g/mol. The van der Waals surface area contributed by atoms with E-state index in [1.54, 1.807) is 12.1 Å². The Hall–Kier alpha value is -1.44. The van der Waals surface area contributed by atoms with Crippen LogP contribution in [0.2, 0.25) is 0 Å². The third-order valence-electron chi connectivity index (χ3n) is 1.87. The number of fused-ring (bicyclic) bond motifs is 1. The molecule has 0 amide bonds. The average molecular weight is 161 g/mol. The van der Waals surface area contributed by atoms with Crippen LogP contribution in [-0.2, 0) is 0 Å². The normalized spacial score (nSPS) is 10.5. The molecule has 2 aromatic rings. The summed E-state index contributed by atoms with van der Waals surface area (Å²) in [6.45, 7) is 1.94. The van der Waals surface area contributed by atoms with Gasteiger partial charge in [-0.05, 0) is 24.4 Å². The maximum atomic E-state index is 13.1. The zero-order chi connectivity index (χ0) is 8.55. The van der Waals surface area contributed by atoms with Crippen LogP contribution in [0.4, 0.5) is 4.39 Å². The van der Waals surface area contributed by atoms with E-state index in [4.69, 9.17) is 0 Å². The fourth-order valence-corrected chi connectivity index (χ4v) is 1.25. The van der Waals surface area contributed by atoms with Crippen LogP contribution in [0.3, 0.4) is 0 Å². The summed E-state index contributed by atoms with van der Waals surface area (Å²) in [6, 6.07) is 7.46. The van der Waals surface area contributed by atoms with Crippen LogP contribution < -0.4 is 0 Å². The molecule has 2 heteroatoms. The van der Waals surface area contributed by atoms with E-state index in [2.05, 4.69) is 4.98 Å². The van der Waals surface area contributed by atoms with Gasteiger partial charge in [-0.15, -0.1) is 0 Å². The second-order valence-electron chi connectivity index (χ2n) is 2.83. The highest BCUT2D eigenvalue weighted by Gasteiger charge is 1.99. The van der Waals surface area contributed by atoms with Gasteiger partial charge in [-0.2, -0.15) is 4.39 Å². The largest absolute Gasteiger partial charge is 0.228 e. The van der Waals surface area contributed by atoms with Gasteiger partial charge in [-0.25, -0.2) is 4.98 Å². The first-order chi connectivity index (χ1) is 5.77. The molecule has 1 aromatic carbocycles. The van der Waals surface area contributed by atoms with Crippen LogP contribution >= 0.6 is 0 Å². The van der Waals surface area contributed by atoms with E-state index in [0.717, 1.165) is 10.9 Å². The molecule has 0 saturated heterocycles. The summed E-state index contributed by atoms with van der Waals surface area (Å²) in [5, 5.41) is 1.49. The minimum Gasteiger partial charge on any atom is -0.228 e. The van der Waals surface area contributed by atoms with Crippen LogP contribution in [0.25, 0.3) is 10.8 Å². The lowest BCUT2D eigenvalue weighted by Crippen LogP contribution is -1.84. The Kier molecular flexibility index (Phi) is 1.54. The highest BCUT2D eigenvalue weighted by atomic mass is 19.1. The van der Waals surface area contributed by atoms with Crippen LogP contribution in [0.5, 0.6) is 0 Å². The van der Waals surface area contributed by atoms with Crippen molar-refractivity contribution in [1.29, 1.82) is 0 Å². The predicted molar refractivity (Wildman–Crippen MR) is 46.4 cm³/mol. The number of hydrogen-bond acceptors (Lipinski definition) is 1. The number of aromatic nitrogens is 1. The van der Waals surface area contributed by atoms with Crippen LogP contribution in [0.15, 0.2) is 30.5 Å². The fourth-order valence-electron chi connectivity index (χ4n) is 1.25. The summed E-state index contributed by atoms with van der Waals surface area (Å²) in [5.74, 6) is -0.392. The third-order valence-corrected chi connectivity index (χ3v) is 1.87. The lowest BCUT2D eigenvalue weighted by Gasteiger charge is -1.98. The first kappa shape index (κ1) is 7.22. The molecule has 0 aliphatic carbocycles. The highest BCUT2D eigenvalue weighted by molar-refractivity contribution is 5.82. The third kappa shape index (κ3) is 1.05. The van der Waals surface area contributed by atoms with Crippen molar-refractivity contribution in [3.8, 4) is 0 Å². The van der Waals surface area contributed by atoms with Gasteiger partial charge in [-0.3, -0.25) is 0 Å². The Morgan fingerprint density at radius 1 is 1.25 bits per heavy atom. The second-order valence-corrected chi connectivity index (χ2v) is 2.83. The van der Waals surface area contributed by atoms with Gasteiger partial charge in [0.05, 0.1) is 0 Å². The van der Waals surface area contributed by atoms with Crippen molar-refractivity contribution >= 4 is 10.8 Å². The van der Waals surface area contributed by atoms with Crippen LogP contribution in [0.1, 0.15) is 5.56 Å². The fraction of sp³-hybridized carbons (Fsp3) is 0.100. The van der Waals surface area contributed by atoms with Crippen molar-refractivity contribution in [2.45, 2.75) is 6.92 Å². The Morgan fingerprint density at radius 3 is 2.92 bits per heavy atom. The first-order valence-electron chi connectivity index (χ1n) is 3.78. The maximum absolute atomic E-state index is 13.1. The van der Waals surface area contributed by atoms with E-state index < -0.39 is 5.95 Å². The minimum atomic E-state index is -0.392. The molecule has 0 spiro atoms. The summed E-state index contributed by atoms with van der Waals surface area (Å²) < 4.78 is 13.1. The van der Waals surface area contributed by atoms with Crippen molar-refractivity contribution in [1.82, 2.24) is 4.98 Å². The molecule has 60 valence electrons. The summed E-state index contributed by atoms with van der Waals surface area (Å²) in [7, 11) is 0. The number of pyridine rings is 1. The van der Waals surface area contributed by atoms with Crippen molar-refractivity contribution in [2.24, 2.45) is 0 Å². The van der Waals surface area contributed by atoms with Gasteiger partial charge in [0, 0.05) is 11.6 Å². The zero-order valence-corrected chi connectivity index (χ0v) is 6.71.